The first-order valence-electron chi connectivity index (χ1n) is 6.80. The lowest BCUT2D eigenvalue weighted by molar-refractivity contribution is -0.146. The van der Waals surface area contributed by atoms with Crippen LogP contribution in [-0.2, 0) is 24.5 Å². The molecule has 24 heavy (non-hydrogen) atoms. The fourth-order valence-corrected chi connectivity index (χ4v) is 4.32. The van der Waals surface area contributed by atoms with Crippen LogP contribution in [0.3, 0.4) is 0 Å². The first-order chi connectivity index (χ1) is 10.7. The second-order valence-electron chi connectivity index (χ2n) is 6.13. The first kappa shape index (κ1) is 20.1. The van der Waals surface area contributed by atoms with E-state index in [9.17, 15) is 22.2 Å². The predicted molar refractivity (Wildman–Crippen MR) is 89.8 cm³/mol. The van der Waals surface area contributed by atoms with E-state index in [0.717, 1.165) is 6.07 Å². The Balaban J connectivity index is 3.08. The smallest absolute Gasteiger partial charge is 0.310 e. The molecule has 0 aliphatic carbocycles. The van der Waals surface area contributed by atoms with E-state index in [2.05, 4.69) is 9.08 Å². The molecule has 2 N–H and O–H groups in total. The Morgan fingerprint density at radius 1 is 1.21 bits per heavy atom. The van der Waals surface area contributed by atoms with E-state index in [1.165, 1.54) is 44.6 Å². The summed E-state index contributed by atoms with van der Waals surface area (Å²) < 4.78 is 39.0. The van der Waals surface area contributed by atoms with Gasteiger partial charge in [0.05, 0.1) is 20.0 Å². The molecule has 0 heterocycles. The van der Waals surface area contributed by atoms with Crippen molar-refractivity contribution in [2.75, 3.05) is 19.1 Å². The standard InChI is InChI=1S/C14H20N2O6S2/c1-14(2,13(18)19)9-15-12(17)10-6-5-7-11(8-10)24(21,22)16-23(3,4)20/h5-8H,9H2,1-4H3,(H,15,17)(H,18,19). The second-order valence-corrected chi connectivity index (χ2v) is 10.5. The Morgan fingerprint density at radius 3 is 2.29 bits per heavy atom. The van der Waals surface area contributed by atoms with Crippen LogP contribution in [0.4, 0.5) is 0 Å². The Kier molecular flexibility index (Phi) is 5.78. The van der Waals surface area contributed by atoms with Gasteiger partial charge in [-0.2, -0.15) is 8.42 Å². The quantitative estimate of drug-likeness (QED) is 0.760. The van der Waals surface area contributed by atoms with Gasteiger partial charge in [0.15, 0.2) is 0 Å². The maximum Gasteiger partial charge on any atom is 0.310 e. The molecular weight excluding hydrogens is 356 g/mol. The summed E-state index contributed by atoms with van der Waals surface area (Å²) in [6.07, 6.45) is 2.38. The van der Waals surface area contributed by atoms with Gasteiger partial charge in [0.2, 0.25) is 0 Å². The number of hydrogen-bond donors (Lipinski definition) is 2. The lowest BCUT2D eigenvalue weighted by Crippen LogP contribution is -2.38. The molecule has 134 valence electrons. The Bertz CT molecular complexity index is 872. The molecule has 0 saturated heterocycles. The summed E-state index contributed by atoms with van der Waals surface area (Å²) in [4.78, 5) is 22.9. The Labute approximate surface area is 141 Å². The van der Waals surface area contributed by atoms with Crippen LogP contribution in [0, 0.1) is 5.41 Å². The van der Waals surface area contributed by atoms with Crippen LogP contribution in [0.2, 0.25) is 0 Å². The Hall–Kier alpha value is -1.94. The van der Waals surface area contributed by atoms with Gasteiger partial charge in [-0.3, -0.25) is 9.59 Å². The third kappa shape index (κ3) is 5.60. The molecule has 1 amide bonds. The van der Waals surface area contributed by atoms with Crippen molar-refractivity contribution in [1.29, 1.82) is 0 Å². The number of hydrogen-bond acceptors (Lipinski definition) is 5. The molecule has 0 aromatic heterocycles. The summed E-state index contributed by atoms with van der Waals surface area (Å²) in [5.74, 6) is -1.69. The van der Waals surface area contributed by atoms with Crippen LogP contribution in [-0.4, -0.2) is 48.7 Å². The first-order valence-corrected chi connectivity index (χ1v) is 10.6. The predicted octanol–water partition coefficient (Wildman–Crippen LogP) is 0.943. The largest absolute Gasteiger partial charge is 0.481 e. The monoisotopic (exact) mass is 376 g/mol. The molecule has 0 saturated carbocycles. The highest BCUT2D eigenvalue weighted by Gasteiger charge is 2.28. The topological polar surface area (TPSA) is 130 Å². The lowest BCUT2D eigenvalue weighted by Gasteiger charge is -2.19. The van der Waals surface area contributed by atoms with Gasteiger partial charge in [0, 0.05) is 24.6 Å². The molecule has 0 radical (unpaired) electrons. The number of benzene rings is 1. The number of carbonyl (C=O) groups excluding carboxylic acids is 1. The lowest BCUT2D eigenvalue weighted by atomic mass is 9.94. The molecule has 10 heteroatoms. The second kappa shape index (κ2) is 6.89. The normalized spacial score (nSPS) is 12.5. The molecule has 0 aliphatic heterocycles. The number of rotatable bonds is 6. The van der Waals surface area contributed by atoms with E-state index in [1.54, 1.807) is 0 Å². The number of carbonyl (C=O) groups is 2. The highest BCUT2D eigenvalue weighted by Crippen LogP contribution is 2.17. The third-order valence-electron chi connectivity index (χ3n) is 2.94. The van der Waals surface area contributed by atoms with Gasteiger partial charge in [-0.15, -0.1) is 3.77 Å². The molecule has 8 nitrogen and oxygen atoms in total. The van der Waals surface area contributed by atoms with E-state index in [4.69, 9.17) is 5.11 Å². The van der Waals surface area contributed by atoms with E-state index < -0.39 is 37.0 Å². The summed E-state index contributed by atoms with van der Waals surface area (Å²) in [5, 5.41) is 11.5. The van der Waals surface area contributed by atoms with E-state index in [1.807, 2.05) is 0 Å². The minimum atomic E-state index is -4.16. The molecule has 0 bridgehead atoms. The van der Waals surface area contributed by atoms with Gasteiger partial charge < -0.3 is 10.4 Å². The van der Waals surface area contributed by atoms with Crippen molar-refractivity contribution in [1.82, 2.24) is 5.32 Å². The van der Waals surface area contributed by atoms with Crippen LogP contribution in [0.25, 0.3) is 0 Å². The molecule has 0 spiro atoms. The minimum Gasteiger partial charge on any atom is -0.481 e. The zero-order chi connectivity index (χ0) is 18.8. The van der Waals surface area contributed by atoms with Crippen molar-refractivity contribution < 1.29 is 27.3 Å². The molecule has 0 fully saturated rings. The molecule has 1 rings (SSSR count). The van der Waals surface area contributed by atoms with Crippen molar-refractivity contribution >= 4 is 31.6 Å². The van der Waals surface area contributed by atoms with E-state index >= 15 is 0 Å². The average Bonchev–Trinajstić information content (AvgIpc) is 2.42. The van der Waals surface area contributed by atoms with Crippen LogP contribution >= 0.6 is 0 Å². The number of sulfonamides is 1. The van der Waals surface area contributed by atoms with Crippen molar-refractivity contribution in [3.8, 4) is 0 Å². The molecule has 0 unspecified atom stereocenters. The van der Waals surface area contributed by atoms with E-state index in [-0.39, 0.29) is 17.0 Å². The summed E-state index contributed by atoms with van der Waals surface area (Å²) in [6.45, 7) is 2.78. The van der Waals surface area contributed by atoms with Crippen LogP contribution < -0.4 is 5.32 Å². The van der Waals surface area contributed by atoms with Crippen molar-refractivity contribution in [3.63, 3.8) is 0 Å². The minimum absolute atomic E-state index is 0.0335. The van der Waals surface area contributed by atoms with Crippen LogP contribution in [0.5, 0.6) is 0 Å². The van der Waals surface area contributed by atoms with E-state index in [0.29, 0.717) is 0 Å². The van der Waals surface area contributed by atoms with Gasteiger partial charge in [0.25, 0.3) is 15.9 Å². The van der Waals surface area contributed by atoms with Crippen molar-refractivity contribution in [2.24, 2.45) is 9.18 Å². The number of carboxylic acids is 1. The summed E-state index contributed by atoms with van der Waals surface area (Å²) in [7, 11) is -7.04. The fourth-order valence-electron chi connectivity index (χ4n) is 1.56. The van der Waals surface area contributed by atoms with Gasteiger partial charge in [0.1, 0.15) is 0 Å². The highest BCUT2D eigenvalue weighted by molar-refractivity contribution is 8.02. The number of nitrogens with one attached hydrogen (secondary N) is 1. The SMILES string of the molecule is CC(C)(CNC(=O)c1cccc(S(=O)(=O)N=S(C)(C)=O)c1)C(=O)O. The third-order valence-corrected chi connectivity index (χ3v) is 6.01. The number of aliphatic carboxylic acids is 1. The zero-order valence-electron chi connectivity index (χ0n) is 13.8. The highest BCUT2D eigenvalue weighted by atomic mass is 32.3. The maximum atomic E-state index is 12.1. The zero-order valence-corrected chi connectivity index (χ0v) is 15.4. The maximum absolute atomic E-state index is 12.1. The molecular formula is C14H20N2O6S2. The van der Waals surface area contributed by atoms with Crippen LogP contribution in [0.1, 0.15) is 24.2 Å². The Morgan fingerprint density at radius 2 is 1.79 bits per heavy atom. The molecule has 1 aromatic carbocycles. The van der Waals surface area contributed by atoms with Gasteiger partial charge in [-0.25, -0.2) is 4.21 Å². The molecule has 0 atom stereocenters. The van der Waals surface area contributed by atoms with Gasteiger partial charge in [-0.05, 0) is 32.0 Å². The van der Waals surface area contributed by atoms with Crippen molar-refractivity contribution in [3.05, 3.63) is 29.8 Å². The average molecular weight is 376 g/mol. The number of carboxylic acid groups (broad SMARTS) is 1. The van der Waals surface area contributed by atoms with Gasteiger partial charge >= 0.3 is 5.97 Å². The summed E-state index contributed by atoms with van der Waals surface area (Å²) >= 11 is 0. The summed E-state index contributed by atoms with van der Waals surface area (Å²) in [5.41, 5.74) is -1.13. The molecule has 0 aliphatic rings. The van der Waals surface area contributed by atoms with Crippen LogP contribution in [0.15, 0.2) is 32.9 Å². The fraction of sp³-hybridized carbons (Fsp3) is 0.429. The van der Waals surface area contributed by atoms with Gasteiger partial charge in [-0.1, -0.05) is 6.07 Å². The molecule has 1 aromatic rings. The summed E-state index contributed by atoms with van der Waals surface area (Å²) in [6, 6.07) is 5.08. The number of nitrogens with zero attached hydrogens (tertiary/aromatic N) is 1. The van der Waals surface area contributed by atoms with Crippen molar-refractivity contribution in [2.45, 2.75) is 18.7 Å². The number of amides is 1.